The van der Waals surface area contributed by atoms with Crippen LogP contribution in [0.4, 0.5) is 5.69 Å². The smallest absolute Gasteiger partial charge is 0.273 e. The first-order chi connectivity index (χ1) is 9.52. The van der Waals surface area contributed by atoms with Gasteiger partial charge in [-0.3, -0.25) is 10.1 Å². The van der Waals surface area contributed by atoms with Crippen LogP contribution in [0, 0.1) is 21.4 Å². The molecule has 0 aliphatic rings. The summed E-state index contributed by atoms with van der Waals surface area (Å²) in [5, 5.41) is 20.1. The lowest BCUT2D eigenvalue weighted by molar-refractivity contribution is -0.384. The van der Waals surface area contributed by atoms with Gasteiger partial charge in [0.25, 0.3) is 5.69 Å². The summed E-state index contributed by atoms with van der Waals surface area (Å²) >= 11 is 9.13. The van der Waals surface area contributed by atoms with Gasteiger partial charge in [-0.05, 0) is 34.1 Å². The summed E-state index contributed by atoms with van der Waals surface area (Å²) in [7, 11) is 0. The number of nitro groups is 1. The Kier molecular flexibility index (Phi) is 4.23. The van der Waals surface area contributed by atoms with E-state index in [1.54, 1.807) is 18.2 Å². The van der Waals surface area contributed by atoms with Crippen molar-refractivity contribution in [2.45, 2.75) is 0 Å². The van der Waals surface area contributed by atoms with E-state index >= 15 is 0 Å². The molecule has 0 bridgehead atoms. The Hall–Kier alpha value is -2.10. The van der Waals surface area contributed by atoms with Gasteiger partial charge in [0, 0.05) is 6.07 Å². The number of nitriles is 1. The third-order valence-corrected chi connectivity index (χ3v) is 3.40. The summed E-state index contributed by atoms with van der Waals surface area (Å²) in [6.45, 7) is 0. The zero-order chi connectivity index (χ0) is 14.7. The average molecular weight is 354 g/mol. The Morgan fingerprint density at radius 1 is 1.30 bits per heavy atom. The first-order valence-electron chi connectivity index (χ1n) is 5.33. The van der Waals surface area contributed by atoms with Gasteiger partial charge in [0.2, 0.25) is 0 Å². The molecular formula is C13H6BrClN2O3. The van der Waals surface area contributed by atoms with Crippen molar-refractivity contribution in [2.75, 3.05) is 0 Å². The molecule has 0 heterocycles. The van der Waals surface area contributed by atoms with Gasteiger partial charge in [-0.1, -0.05) is 17.7 Å². The van der Waals surface area contributed by atoms with Gasteiger partial charge in [0.1, 0.15) is 23.1 Å². The van der Waals surface area contributed by atoms with Crippen molar-refractivity contribution >= 4 is 33.2 Å². The highest BCUT2D eigenvalue weighted by Gasteiger charge is 2.14. The summed E-state index contributed by atoms with van der Waals surface area (Å²) in [6, 6.07) is 10.8. The summed E-state index contributed by atoms with van der Waals surface area (Å²) in [5.41, 5.74) is 0.0660. The first-order valence-corrected chi connectivity index (χ1v) is 6.50. The van der Waals surface area contributed by atoms with E-state index in [1.165, 1.54) is 18.2 Å². The van der Waals surface area contributed by atoms with Crippen LogP contribution in [-0.4, -0.2) is 4.92 Å². The van der Waals surface area contributed by atoms with Crippen molar-refractivity contribution in [3.63, 3.8) is 0 Å². The van der Waals surface area contributed by atoms with Gasteiger partial charge >= 0.3 is 0 Å². The standard InChI is InChI=1S/C13H6BrClN2O3/c14-10-5-4-8(17(18)19)6-13(10)20-12-3-1-2-11(15)9(12)7-16/h1-6H. The molecule has 0 unspecified atom stereocenters. The van der Waals surface area contributed by atoms with Crippen molar-refractivity contribution in [1.29, 1.82) is 5.26 Å². The molecule has 0 spiro atoms. The molecule has 100 valence electrons. The van der Waals surface area contributed by atoms with E-state index in [2.05, 4.69) is 15.9 Å². The fourth-order valence-corrected chi connectivity index (χ4v) is 2.04. The third kappa shape index (κ3) is 2.90. The maximum atomic E-state index is 10.8. The quantitative estimate of drug-likeness (QED) is 0.593. The summed E-state index contributed by atoms with van der Waals surface area (Å²) in [4.78, 5) is 10.2. The van der Waals surface area contributed by atoms with E-state index in [4.69, 9.17) is 21.6 Å². The summed E-state index contributed by atoms with van der Waals surface area (Å²) in [5.74, 6) is 0.471. The highest BCUT2D eigenvalue weighted by Crippen LogP contribution is 2.35. The highest BCUT2D eigenvalue weighted by molar-refractivity contribution is 9.10. The molecule has 0 fully saturated rings. The number of rotatable bonds is 3. The minimum absolute atomic E-state index is 0.108. The molecule has 2 rings (SSSR count). The molecule has 0 amide bonds. The topological polar surface area (TPSA) is 76.2 Å². The highest BCUT2D eigenvalue weighted by atomic mass is 79.9. The fraction of sp³-hybridized carbons (Fsp3) is 0. The van der Waals surface area contributed by atoms with Crippen LogP contribution < -0.4 is 4.74 Å². The Labute approximate surface area is 127 Å². The largest absolute Gasteiger partial charge is 0.454 e. The molecule has 0 aliphatic heterocycles. The van der Waals surface area contributed by atoms with Crippen LogP contribution in [0.2, 0.25) is 5.02 Å². The minimum Gasteiger partial charge on any atom is -0.454 e. The number of halogens is 2. The maximum absolute atomic E-state index is 10.8. The number of nitro benzene ring substituents is 1. The molecule has 2 aromatic carbocycles. The van der Waals surface area contributed by atoms with Crippen molar-refractivity contribution in [3.05, 3.63) is 61.6 Å². The van der Waals surface area contributed by atoms with Crippen LogP contribution in [-0.2, 0) is 0 Å². The minimum atomic E-state index is -0.525. The number of benzene rings is 2. The first kappa shape index (κ1) is 14.3. The second-order valence-electron chi connectivity index (χ2n) is 3.70. The average Bonchev–Trinajstić information content (AvgIpc) is 2.41. The van der Waals surface area contributed by atoms with E-state index in [-0.39, 0.29) is 27.8 Å². The Morgan fingerprint density at radius 2 is 2.05 bits per heavy atom. The van der Waals surface area contributed by atoms with Crippen LogP contribution >= 0.6 is 27.5 Å². The predicted molar refractivity (Wildman–Crippen MR) is 77.0 cm³/mol. The van der Waals surface area contributed by atoms with E-state index in [0.717, 1.165) is 0 Å². The molecule has 0 radical (unpaired) electrons. The molecule has 5 nitrogen and oxygen atoms in total. The van der Waals surface area contributed by atoms with Gasteiger partial charge in [-0.25, -0.2) is 0 Å². The molecule has 7 heteroatoms. The lowest BCUT2D eigenvalue weighted by Gasteiger charge is -2.09. The SMILES string of the molecule is N#Cc1c(Cl)cccc1Oc1cc([N+](=O)[O-])ccc1Br. The van der Waals surface area contributed by atoms with Gasteiger partial charge < -0.3 is 4.74 Å². The number of nitrogens with zero attached hydrogens (tertiary/aromatic N) is 2. The van der Waals surface area contributed by atoms with E-state index in [9.17, 15) is 10.1 Å². The van der Waals surface area contributed by atoms with Crippen LogP contribution in [0.5, 0.6) is 11.5 Å². The van der Waals surface area contributed by atoms with Crippen molar-refractivity contribution in [3.8, 4) is 17.6 Å². The van der Waals surface area contributed by atoms with Gasteiger partial charge in [0.15, 0.2) is 0 Å². The van der Waals surface area contributed by atoms with E-state index in [1.807, 2.05) is 6.07 Å². The predicted octanol–water partition coefficient (Wildman–Crippen LogP) is 4.67. The second-order valence-corrected chi connectivity index (χ2v) is 4.96. The van der Waals surface area contributed by atoms with E-state index in [0.29, 0.717) is 4.47 Å². The number of hydrogen-bond acceptors (Lipinski definition) is 4. The number of hydrogen-bond donors (Lipinski definition) is 0. The molecule has 0 saturated carbocycles. The lowest BCUT2D eigenvalue weighted by Crippen LogP contribution is -1.92. The Morgan fingerprint density at radius 3 is 2.70 bits per heavy atom. The summed E-state index contributed by atoms with van der Waals surface area (Å²) < 4.78 is 6.08. The normalized spacial score (nSPS) is 9.85. The van der Waals surface area contributed by atoms with Gasteiger partial charge in [-0.2, -0.15) is 5.26 Å². The maximum Gasteiger partial charge on any atom is 0.273 e. The molecule has 0 N–H and O–H groups in total. The van der Waals surface area contributed by atoms with Crippen molar-refractivity contribution in [2.24, 2.45) is 0 Å². The molecular weight excluding hydrogens is 348 g/mol. The van der Waals surface area contributed by atoms with E-state index < -0.39 is 4.92 Å². The Bertz CT molecular complexity index is 728. The van der Waals surface area contributed by atoms with Crippen molar-refractivity contribution in [1.82, 2.24) is 0 Å². The van der Waals surface area contributed by atoms with Crippen LogP contribution in [0.1, 0.15) is 5.56 Å². The van der Waals surface area contributed by atoms with Gasteiger partial charge in [0.05, 0.1) is 20.5 Å². The molecule has 0 aliphatic carbocycles. The second kappa shape index (κ2) is 5.90. The molecule has 2 aromatic rings. The van der Waals surface area contributed by atoms with Crippen LogP contribution in [0.3, 0.4) is 0 Å². The monoisotopic (exact) mass is 352 g/mol. The lowest BCUT2D eigenvalue weighted by atomic mass is 10.2. The third-order valence-electron chi connectivity index (χ3n) is 2.43. The van der Waals surface area contributed by atoms with Gasteiger partial charge in [-0.15, -0.1) is 0 Å². The zero-order valence-electron chi connectivity index (χ0n) is 9.84. The number of non-ortho nitro benzene ring substituents is 1. The molecule has 0 aromatic heterocycles. The molecule has 0 saturated heterocycles. The molecule has 20 heavy (non-hydrogen) atoms. The van der Waals surface area contributed by atoms with Crippen LogP contribution in [0.25, 0.3) is 0 Å². The van der Waals surface area contributed by atoms with Crippen molar-refractivity contribution < 1.29 is 9.66 Å². The fourth-order valence-electron chi connectivity index (χ4n) is 1.50. The summed E-state index contributed by atoms with van der Waals surface area (Å²) in [6.07, 6.45) is 0. The number of ether oxygens (including phenoxy) is 1. The zero-order valence-corrected chi connectivity index (χ0v) is 12.2. The van der Waals surface area contributed by atoms with Crippen LogP contribution in [0.15, 0.2) is 40.9 Å². The Balaban J connectivity index is 2.45. The molecule has 0 atom stereocenters.